The van der Waals surface area contributed by atoms with E-state index in [0.717, 1.165) is 17.0 Å². The van der Waals surface area contributed by atoms with Gasteiger partial charge in [0.25, 0.3) is 0 Å². The van der Waals surface area contributed by atoms with Crippen LogP contribution >= 0.6 is 0 Å². The molecule has 0 bridgehead atoms. The first-order valence-electron chi connectivity index (χ1n) is 5.55. The minimum atomic E-state index is -0.914. The molecule has 2 aromatic rings. The summed E-state index contributed by atoms with van der Waals surface area (Å²) in [5, 5.41) is 12.1. The van der Waals surface area contributed by atoms with Crippen LogP contribution in [-0.2, 0) is 6.54 Å². The highest BCUT2D eigenvalue weighted by Crippen LogP contribution is 2.16. The van der Waals surface area contributed by atoms with Gasteiger partial charge in [-0.05, 0) is 37.6 Å². The molecule has 2 rings (SSSR count). The normalized spacial score (nSPS) is 10.3. The van der Waals surface area contributed by atoms with Gasteiger partial charge in [0.1, 0.15) is 5.76 Å². The minimum absolute atomic E-state index is 0.313. The molecule has 0 atom stereocenters. The van der Waals surface area contributed by atoms with Gasteiger partial charge in [-0.3, -0.25) is 0 Å². The number of hydrogen-bond donors (Lipinski definition) is 2. The second-order valence-corrected chi connectivity index (χ2v) is 4.05. The van der Waals surface area contributed by atoms with Gasteiger partial charge in [-0.1, -0.05) is 0 Å². The molecule has 18 heavy (non-hydrogen) atoms. The number of nitrogens with one attached hydrogen (secondary N) is 1. The summed E-state index contributed by atoms with van der Waals surface area (Å²) < 4.78 is 5.33. The number of aryl methyl sites for hydroxylation is 2. The van der Waals surface area contributed by atoms with Crippen molar-refractivity contribution in [2.45, 2.75) is 20.4 Å². The molecule has 0 aliphatic rings. The summed E-state index contributed by atoms with van der Waals surface area (Å²) >= 11 is 0. The third kappa shape index (κ3) is 2.68. The van der Waals surface area contributed by atoms with Crippen LogP contribution in [0.1, 0.15) is 27.6 Å². The zero-order valence-corrected chi connectivity index (χ0v) is 10.2. The quantitative estimate of drug-likeness (QED) is 0.867. The number of hydrogen-bond acceptors (Lipinski definition) is 4. The molecule has 5 nitrogen and oxygen atoms in total. The van der Waals surface area contributed by atoms with Gasteiger partial charge in [-0.2, -0.15) is 0 Å². The summed E-state index contributed by atoms with van der Waals surface area (Å²) in [6, 6.07) is 5.10. The predicted molar refractivity (Wildman–Crippen MR) is 66.7 cm³/mol. The molecular formula is C13H14N2O3. The topological polar surface area (TPSA) is 75.4 Å². The molecule has 0 amide bonds. The Morgan fingerprint density at radius 1 is 1.44 bits per heavy atom. The molecule has 94 valence electrons. The lowest BCUT2D eigenvalue weighted by molar-refractivity contribution is 0.0696. The Bertz CT molecular complexity index is 575. The number of carboxylic acid groups (broad SMARTS) is 1. The molecule has 1 aromatic carbocycles. The van der Waals surface area contributed by atoms with Crippen LogP contribution in [0.25, 0.3) is 0 Å². The Labute approximate surface area is 104 Å². The Balaban J connectivity index is 2.06. The standard InChI is InChI=1S/C13H14N2O3/c1-8-5-10(3-4-11(8)13(16)17)14-7-12-15-6-9(2)18-12/h3-6,14H,7H2,1-2H3,(H,16,17). The number of carbonyl (C=O) groups is 1. The van der Waals surface area contributed by atoms with E-state index in [1.807, 2.05) is 6.92 Å². The van der Waals surface area contributed by atoms with Crippen molar-refractivity contribution in [3.8, 4) is 0 Å². The molecule has 0 saturated heterocycles. The summed E-state index contributed by atoms with van der Waals surface area (Å²) in [5.74, 6) is 0.457. The first-order chi connectivity index (χ1) is 8.56. The summed E-state index contributed by atoms with van der Waals surface area (Å²) in [6.07, 6.45) is 1.66. The van der Waals surface area contributed by atoms with Gasteiger partial charge < -0.3 is 14.8 Å². The molecular weight excluding hydrogens is 232 g/mol. The minimum Gasteiger partial charge on any atom is -0.478 e. The number of rotatable bonds is 4. The first kappa shape index (κ1) is 12.2. The van der Waals surface area contributed by atoms with Crippen molar-refractivity contribution in [2.24, 2.45) is 0 Å². The number of aromatic nitrogens is 1. The van der Waals surface area contributed by atoms with Gasteiger partial charge >= 0.3 is 5.97 Å². The smallest absolute Gasteiger partial charge is 0.335 e. The van der Waals surface area contributed by atoms with E-state index in [4.69, 9.17) is 9.52 Å². The van der Waals surface area contributed by atoms with Crippen LogP contribution in [0, 0.1) is 13.8 Å². The Hall–Kier alpha value is -2.30. The molecule has 0 aliphatic carbocycles. The van der Waals surface area contributed by atoms with Crippen molar-refractivity contribution >= 4 is 11.7 Å². The summed E-state index contributed by atoms with van der Waals surface area (Å²) in [6.45, 7) is 4.08. The van der Waals surface area contributed by atoms with E-state index in [0.29, 0.717) is 18.0 Å². The van der Waals surface area contributed by atoms with Crippen molar-refractivity contribution < 1.29 is 14.3 Å². The van der Waals surface area contributed by atoms with Crippen molar-refractivity contribution in [3.05, 3.63) is 47.2 Å². The SMILES string of the molecule is Cc1cnc(CNc2ccc(C(=O)O)c(C)c2)o1. The van der Waals surface area contributed by atoms with Crippen LogP contribution in [-0.4, -0.2) is 16.1 Å². The second kappa shape index (κ2) is 4.91. The third-order valence-electron chi connectivity index (χ3n) is 2.57. The van der Waals surface area contributed by atoms with E-state index in [1.54, 1.807) is 31.3 Å². The van der Waals surface area contributed by atoms with Gasteiger partial charge in [0.15, 0.2) is 0 Å². The summed E-state index contributed by atoms with van der Waals surface area (Å²) in [5.41, 5.74) is 1.87. The monoisotopic (exact) mass is 246 g/mol. The average molecular weight is 246 g/mol. The number of aromatic carboxylic acids is 1. The zero-order valence-electron chi connectivity index (χ0n) is 10.2. The maximum Gasteiger partial charge on any atom is 0.335 e. The Morgan fingerprint density at radius 3 is 2.78 bits per heavy atom. The Morgan fingerprint density at radius 2 is 2.22 bits per heavy atom. The Kier molecular flexibility index (Phi) is 3.32. The highest BCUT2D eigenvalue weighted by molar-refractivity contribution is 5.89. The number of benzene rings is 1. The fourth-order valence-corrected chi connectivity index (χ4v) is 1.67. The summed E-state index contributed by atoms with van der Waals surface area (Å²) in [7, 11) is 0. The maximum atomic E-state index is 10.9. The van der Waals surface area contributed by atoms with Crippen LogP contribution in [0.15, 0.2) is 28.8 Å². The van der Waals surface area contributed by atoms with Gasteiger partial charge in [0, 0.05) is 5.69 Å². The van der Waals surface area contributed by atoms with E-state index in [1.165, 1.54) is 0 Å². The van der Waals surface area contributed by atoms with Gasteiger partial charge in [0.2, 0.25) is 5.89 Å². The second-order valence-electron chi connectivity index (χ2n) is 4.05. The lowest BCUT2D eigenvalue weighted by atomic mass is 10.1. The van der Waals surface area contributed by atoms with Gasteiger partial charge in [-0.15, -0.1) is 0 Å². The molecule has 5 heteroatoms. The molecule has 0 radical (unpaired) electrons. The molecule has 0 spiro atoms. The molecule has 2 N–H and O–H groups in total. The molecule has 0 fully saturated rings. The van der Waals surface area contributed by atoms with Crippen molar-refractivity contribution in [1.82, 2.24) is 4.98 Å². The van der Waals surface area contributed by atoms with Crippen LogP contribution in [0.4, 0.5) is 5.69 Å². The molecule has 0 saturated carbocycles. The van der Waals surface area contributed by atoms with E-state index in [-0.39, 0.29) is 0 Å². The highest BCUT2D eigenvalue weighted by Gasteiger charge is 2.07. The fraction of sp³-hybridized carbons (Fsp3) is 0.231. The van der Waals surface area contributed by atoms with E-state index >= 15 is 0 Å². The zero-order chi connectivity index (χ0) is 13.1. The van der Waals surface area contributed by atoms with Gasteiger partial charge in [-0.25, -0.2) is 9.78 Å². The van der Waals surface area contributed by atoms with E-state index < -0.39 is 5.97 Å². The third-order valence-corrected chi connectivity index (χ3v) is 2.57. The number of oxazole rings is 1. The maximum absolute atomic E-state index is 10.9. The fourth-order valence-electron chi connectivity index (χ4n) is 1.67. The largest absolute Gasteiger partial charge is 0.478 e. The van der Waals surface area contributed by atoms with Crippen LogP contribution < -0.4 is 5.32 Å². The number of carboxylic acids is 1. The number of anilines is 1. The number of nitrogens with zero attached hydrogens (tertiary/aromatic N) is 1. The van der Waals surface area contributed by atoms with Crippen molar-refractivity contribution in [3.63, 3.8) is 0 Å². The summed E-state index contributed by atoms with van der Waals surface area (Å²) in [4.78, 5) is 14.9. The van der Waals surface area contributed by atoms with E-state index in [9.17, 15) is 4.79 Å². The van der Waals surface area contributed by atoms with Crippen LogP contribution in [0.2, 0.25) is 0 Å². The molecule has 1 heterocycles. The van der Waals surface area contributed by atoms with E-state index in [2.05, 4.69) is 10.3 Å². The molecule has 0 unspecified atom stereocenters. The molecule has 1 aromatic heterocycles. The average Bonchev–Trinajstić information content (AvgIpc) is 2.72. The first-order valence-corrected chi connectivity index (χ1v) is 5.55. The van der Waals surface area contributed by atoms with Crippen LogP contribution in [0.5, 0.6) is 0 Å². The highest BCUT2D eigenvalue weighted by atomic mass is 16.4. The lowest BCUT2D eigenvalue weighted by Gasteiger charge is -2.06. The van der Waals surface area contributed by atoms with Crippen molar-refractivity contribution in [1.29, 1.82) is 0 Å². The van der Waals surface area contributed by atoms with Crippen molar-refractivity contribution in [2.75, 3.05) is 5.32 Å². The van der Waals surface area contributed by atoms with Crippen LogP contribution in [0.3, 0.4) is 0 Å². The predicted octanol–water partition coefficient (Wildman–Crippen LogP) is 2.60. The van der Waals surface area contributed by atoms with Gasteiger partial charge in [0.05, 0.1) is 18.3 Å². The lowest BCUT2D eigenvalue weighted by Crippen LogP contribution is -2.03. The molecule has 0 aliphatic heterocycles.